The number of hydrogen-bond acceptors (Lipinski definition) is 5. The summed E-state index contributed by atoms with van der Waals surface area (Å²) in [6.07, 6.45) is -0.186. The Kier molecular flexibility index (Phi) is 6.00. The molecule has 0 bridgehead atoms. The van der Waals surface area contributed by atoms with Gasteiger partial charge in [0, 0.05) is 6.07 Å². The molecule has 8 heteroatoms. The number of aryl methyl sites for hydroxylation is 2. The number of anilines is 1. The van der Waals surface area contributed by atoms with Gasteiger partial charge in [0.25, 0.3) is 11.6 Å². The summed E-state index contributed by atoms with van der Waals surface area (Å²) in [4.78, 5) is 34.1. The Labute approximate surface area is 148 Å². The zero-order valence-corrected chi connectivity index (χ0v) is 14.2. The zero-order chi connectivity index (χ0) is 19.3. The Morgan fingerprint density at radius 2 is 1.88 bits per heavy atom. The van der Waals surface area contributed by atoms with Crippen LogP contribution in [0.4, 0.5) is 15.8 Å². The van der Waals surface area contributed by atoms with E-state index in [-0.39, 0.29) is 17.8 Å². The molecule has 0 fully saturated rings. The molecular formula is C18H17FN2O5. The van der Waals surface area contributed by atoms with Crippen LogP contribution in [0, 0.1) is 29.8 Å². The second-order valence-corrected chi connectivity index (χ2v) is 5.73. The first-order valence-corrected chi connectivity index (χ1v) is 7.72. The van der Waals surface area contributed by atoms with Crippen molar-refractivity contribution in [3.8, 4) is 0 Å². The topological polar surface area (TPSA) is 98.5 Å². The maximum Gasteiger partial charge on any atom is 0.310 e. The summed E-state index contributed by atoms with van der Waals surface area (Å²) in [5.41, 5.74) is 1.70. The lowest BCUT2D eigenvalue weighted by atomic mass is 10.1. The molecule has 0 atom stereocenters. The molecule has 0 aliphatic carbocycles. The Morgan fingerprint density at radius 1 is 1.19 bits per heavy atom. The lowest BCUT2D eigenvalue weighted by Crippen LogP contribution is -2.22. The maximum absolute atomic E-state index is 13.1. The standard InChI is InChI=1S/C18H17FN2O5/c1-11-6-15(16(21(24)25)7-12(11)2)20-17(22)10-26-18(23)9-13-4-3-5-14(19)8-13/h3-8H,9-10H2,1-2H3,(H,20,22). The van der Waals surface area contributed by atoms with Gasteiger partial charge in [-0.25, -0.2) is 4.39 Å². The first-order valence-electron chi connectivity index (χ1n) is 7.72. The minimum atomic E-state index is -0.708. The normalized spacial score (nSPS) is 10.3. The van der Waals surface area contributed by atoms with Crippen LogP contribution in [0.3, 0.4) is 0 Å². The summed E-state index contributed by atoms with van der Waals surface area (Å²) in [6, 6.07) is 8.31. The average molecular weight is 360 g/mol. The van der Waals surface area contributed by atoms with Crippen molar-refractivity contribution in [3.63, 3.8) is 0 Å². The summed E-state index contributed by atoms with van der Waals surface area (Å²) >= 11 is 0. The van der Waals surface area contributed by atoms with Gasteiger partial charge >= 0.3 is 5.97 Å². The van der Waals surface area contributed by atoms with Crippen LogP contribution in [-0.4, -0.2) is 23.4 Å². The highest BCUT2D eigenvalue weighted by molar-refractivity contribution is 5.95. The van der Waals surface area contributed by atoms with Crippen LogP contribution in [0.25, 0.3) is 0 Å². The van der Waals surface area contributed by atoms with Crippen LogP contribution in [-0.2, 0) is 20.7 Å². The summed E-state index contributed by atoms with van der Waals surface area (Å²) in [5, 5.41) is 13.5. The molecule has 7 nitrogen and oxygen atoms in total. The quantitative estimate of drug-likeness (QED) is 0.485. The molecule has 0 saturated heterocycles. The Morgan fingerprint density at radius 3 is 2.54 bits per heavy atom. The smallest absolute Gasteiger partial charge is 0.310 e. The predicted molar refractivity (Wildman–Crippen MR) is 92.3 cm³/mol. The number of nitro groups is 1. The number of rotatable bonds is 6. The second-order valence-electron chi connectivity index (χ2n) is 5.73. The van der Waals surface area contributed by atoms with E-state index in [1.807, 2.05) is 0 Å². The fraction of sp³-hybridized carbons (Fsp3) is 0.222. The fourth-order valence-corrected chi connectivity index (χ4v) is 2.25. The molecule has 2 aromatic carbocycles. The molecular weight excluding hydrogens is 343 g/mol. The van der Waals surface area contributed by atoms with Crippen LogP contribution in [0.1, 0.15) is 16.7 Å². The van der Waals surface area contributed by atoms with E-state index in [9.17, 15) is 24.1 Å². The van der Waals surface area contributed by atoms with E-state index in [4.69, 9.17) is 4.74 Å². The van der Waals surface area contributed by atoms with Gasteiger partial charge in [0.2, 0.25) is 0 Å². The van der Waals surface area contributed by atoms with E-state index < -0.39 is 29.2 Å². The van der Waals surface area contributed by atoms with E-state index in [0.29, 0.717) is 5.56 Å². The van der Waals surface area contributed by atoms with Gasteiger partial charge in [0.1, 0.15) is 11.5 Å². The largest absolute Gasteiger partial charge is 0.455 e. The van der Waals surface area contributed by atoms with E-state index >= 15 is 0 Å². The minimum absolute atomic E-state index is 0.0317. The molecule has 26 heavy (non-hydrogen) atoms. The lowest BCUT2D eigenvalue weighted by Gasteiger charge is -2.09. The highest BCUT2D eigenvalue weighted by atomic mass is 19.1. The molecule has 0 radical (unpaired) electrons. The van der Waals surface area contributed by atoms with Gasteiger partial charge in [-0.2, -0.15) is 0 Å². The number of benzene rings is 2. The van der Waals surface area contributed by atoms with Crippen molar-refractivity contribution >= 4 is 23.3 Å². The third kappa shape index (κ3) is 5.10. The molecule has 0 aromatic heterocycles. The van der Waals surface area contributed by atoms with Crippen molar-refractivity contribution in [2.24, 2.45) is 0 Å². The molecule has 2 rings (SSSR count). The van der Waals surface area contributed by atoms with Crippen LogP contribution < -0.4 is 5.32 Å². The van der Waals surface area contributed by atoms with Crippen molar-refractivity contribution in [2.75, 3.05) is 11.9 Å². The third-order valence-electron chi connectivity index (χ3n) is 3.68. The third-order valence-corrected chi connectivity index (χ3v) is 3.68. The highest BCUT2D eigenvalue weighted by Gasteiger charge is 2.18. The molecule has 0 unspecified atom stereocenters. The molecule has 0 heterocycles. The molecule has 0 aliphatic heterocycles. The zero-order valence-electron chi connectivity index (χ0n) is 14.2. The van der Waals surface area contributed by atoms with Gasteiger partial charge in [-0.05, 0) is 48.7 Å². The van der Waals surface area contributed by atoms with Crippen molar-refractivity contribution < 1.29 is 23.6 Å². The molecule has 1 N–H and O–H groups in total. The number of carbonyl (C=O) groups excluding carboxylic acids is 2. The minimum Gasteiger partial charge on any atom is -0.455 e. The lowest BCUT2D eigenvalue weighted by molar-refractivity contribution is -0.384. The molecule has 1 amide bonds. The van der Waals surface area contributed by atoms with E-state index in [1.54, 1.807) is 19.9 Å². The van der Waals surface area contributed by atoms with Gasteiger partial charge < -0.3 is 10.1 Å². The highest BCUT2D eigenvalue weighted by Crippen LogP contribution is 2.27. The Bertz CT molecular complexity index is 867. The fourth-order valence-electron chi connectivity index (χ4n) is 2.25. The van der Waals surface area contributed by atoms with Gasteiger partial charge in [-0.1, -0.05) is 12.1 Å². The van der Waals surface area contributed by atoms with Gasteiger partial charge in [0.05, 0.1) is 11.3 Å². The van der Waals surface area contributed by atoms with Crippen molar-refractivity contribution in [2.45, 2.75) is 20.3 Å². The van der Waals surface area contributed by atoms with E-state index in [0.717, 1.165) is 11.1 Å². The SMILES string of the molecule is Cc1cc(NC(=O)COC(=O)Cc2cccc(F)c2)c([N+](=O)[O-])cc1C. The molecule has 2 aromatic rings. The van der Waals surface area contributed by atoms with E-state index in [1.165, 1.54) is 30.3 Å². The first kappa shape index (κ1) is 19.0. The van der Waals surface area contributed by atoms with Crippen molar-refractivity contribution in [1.82, 2.24) is 0 Å². The number of hydrogen-bond donors (Lipinski definition) is 1. The maximum atomic E-state index is 13.1. The summed E-state index contributed by atoms with van der Waals surface area (Å²) in [6.45, 7) is 2.88. The molecule has 0 saturated carbocycles. The number of carbonyl (C=O) groups is 2. The van der Waals surface area contributed by atoms with Gasteiger partial charge in [-0.15, -0.1) is 0 Å². The first-order chi connectivity index (χ1) is 12.3. The number of halogens is 1. The van der Waals surface area contributed by atoms with Crippen LogP contribution in [0.15, 0.2) is 36.4 Å². The average Bonchev–Trinajstić information content (AvgIpc) is 2.56. The number of nitrogens with one attached hydrogen (secondary N) is 1. The number of amides is 1. The summed E-state index contributed by atoms with van der Waals surface area (Å²) < 4.78 is 17.9. The van der Waals surface area contributed by atoms with Crippen LogP contribution >= 0.6 is 0 Å². The number of nitrogens with zero attached hydrogens (tertiary/aromatic N) is 1. The summed E-state index contributed by atoms with van der Waals surface area (Å²) in [7, 11) is 0. The number of ether oxygens (including phenoxy) is 1. The van der Waals surface area contributed by atoms with Crippen molar-refractivity contribution in [1.29, 1.82) is 0 Å². The molecule has 0 aliphatic rings. The second kappa shape index (κ2) is 8.19. The number of esters is 1. The van der Waals surface area contributed by atoms with Gasteiger partial charge in [-0.3, -0.25) is 19.7 Å². The van der Waals surface area contributed by atoms with Gasteiger partial charge in [0.15, 0.2) is 6.61 Å². The van der Waals surface area contributed by atoms with Crippen molar-refractivity contribution in [3.05, 3.63) is 69.0 Å². The molecule has 0 spiro atoms. The number of nitro benzene ring substituents is 1. The Balaban J connectivity index is 1.96. The van der Waals surface area contributed by atoms with Crippen LogP contribution in [0.5, 0.6) is 0 Å². The Hall–Kier alpha value is -3.29. The summed E-state index contributed by atoms with van der Waals surface area (Å²) in [5.74, 6) is -1.89. The monoisotopic (exact) mass is 360 g/mol. The predicted octanol–water partition coefficient (Wildman–Crippen LogP) is 3.08. The van der Waals surface area contributed by atoms with E-state index in [2.05, 4.69) is 5.32 Å². The van der Waals surface area contributed by atoms with Crippen LogP contribution in [0.2, 0.25) is 0 Å². The molecule has 136 valence electrons.